The first-order valence-corrected chi connectivity index (χ1v) is 9.73. The lowest BCUT2D eigenvalue weighted by molar-refractivity contribution is -0.119. The highest BCUT2D eigenvalue weighted by Crippen LogP contribution is 2.26. The molecule has 0 unspecified atom stereocenters. The van der Waals surface area contributed by atoms with Crippen LogP contribution >= 0.6 is 0 Å². The van der Waals surface area contributed by atoms with E-state index in [1.807, 2.05) is 24.2 Å². The van der Waals surface area contributed by atoms with E-state index in [1.54, 1.807) is 0 Å². The smallest absolute Gasteiger partial charge is 0.226 e. The summed E-state index contributed by atoms with van der Waals surface area (Å²) in [5.74, 6) is 0.224. The van der Waals surface area contributed by atoms with Gasteiger partial charge in [-0.1, -0.05) is 26.0 Å². The van der Waals surface area contributed by atoms with Crippen molar-refractivity contribution in [1.82, 2.24) is 9.88 Å². The van der Waals surface area contributed by atoms with Gasteiger partial charge in [-0.05, 0) is 54.7 Å². The number of amides is 1. The number of carbonyl (C=O) groups is 1. The predicted octanol–water partition coefficient (Wildman–Crippen LogP) is 4.05. The van der Waals surface area contributed by atoms with Crippen LogP contribution in [0.2, 0.25) is 0 Å². The largest absolute Gasteiger partial charge is 0.309 e. The Labute approximate surface area is 156 Å². The Kier molecular flexibility index (Phi) is 6.40. The minimum absolute atomic E-state index is 0.224. The van der Waals surface area contributed by atoms with Crippen LogP contribution in [0.5, 0.6) is 0 Å². The first-order valence-electron chi connectivity index (χ1n) is 9.73. The van der Waals surface area contributed by atoms with E-state index in [2.05, 4.69) is 53.2 Å². The number of carbonyl (C=O) groups excluding carboxylic acids is 1. The molecule has 1 aliphatic heterocycles. The minimum Gasteiger partial charge on any atom is -0.309 e. The first kappa shape index (κ1) is 18.6. The Hall–Kier alpha value is -2.20. The van der Waals surface area contributed by atoms with Gasteiger partial charge in [-0.3, -0.25) is 14.7 Å². The van der Waals surface area contributed by atoms with Crippen molar-refractivity contribution < 1.29 is 4.79 Å². The van der Waals surface area contributed by atoms with Crippen molar-refractivity contribution in [3.8, 4) is 0 Å². The maximum atomic E-state index is 12.6. The molecule has 4 nitrogen and oxygen atoms in total. The number of likely N-dealkylation sites (tertiary alicyclic amines) is 1. The second-order valence-electron chi connectivity index (χ2n) is 7.00. The summed E-state index contributed by atoms with van der Waals surface area (Å²) >= 11 is 0. The maximum Gasteiger partial charge on any atom is 0.226 e. The number of anilines is 1. The van der Waals surface area contributed by atoms with Gasteiger partial charge in [0.25, 0.3) is 0 Å². The van der Waals surface area contributed by atoms with Gasteiger partial charge in [0.05, 0.1) is 0 Å². The number of rotatable bonds is 6. The van der Waals surface area contributed by atoms with E-state index >= 15 is 0 Å². The van der Waals surface area contributed by atoms with Gasteiger partial charge >= 0.3 is 0 Å². The Morgan fingerprint density at radius 1 is 1.04 bits per heavy atom. The van der Waals surface area contributed by atoms with Gasteiger partial charge in [0.15, 0.2) is 0 Å². The minimum atomic E-state index is 0.224. The summed E-state index contributed by atoms with van der Waals surface area (Å²) < 4.78 is 0. The molecule has 2 aromatic rings. The average Bonchev–Trinajstić information content (AvgIpc) is 2.70. The number of aromatic nitrogens is 1. The van der Waals surface area contributed by atoms with E-state index in [0.717, 1.165) is 44.6 Å². The molecule has 1 aromatic carbocycles. The number of hydrogen-bond acceptors (Lipinski definition) is 3. The molecule has 4 heteroatoms. The van der Waals surface area contributed by atoms with Crippen molar-refractivity contribution in [3.05, 3.63) is 59.9 Å². The van der Waals surface area contributed by atoms with E-state index in [4.69, 9.17) is 0 Å². The zero-order chi connectivity index (χ0) is 18.4. The molecular formula is C22H29N3O. The lowest BCUT2D eigenvalue weighted by atomic mass is 10.0. The van der Waals surface area contributed by atoms with Crippen molar-refractivity contribution in [3.63, 3.8) is 0 Å². The van der Waals surface area contributed by atoms with Crippen LogP contribution in [0.25, 0.3) is 0 Å². The van der Waals surface area contributed by atoms with Crippen LogP contribution in [0.3, 0.4) is 0 Å². The Morgan fingerprint density at radius 3 is 2.27 bits per heavy atom. The molecule has 1 amide bonds. The molecule has 1 aliphatic rings. The molecule has 0 spiro atoms. The highest BCUT2D eigenvalue weighted by molar-refractivity contribution is 5.93. The number of nitrogens with zero attached hydrogens (tertiary/aromatic N) is 3. The molecule has 3 rings (SSSR count). The molecule has 1 saturated heterocycles. The molecule has 2 heterocycles. The van der Waals surface area contributed by atoms with Crippen LogP contribution in [0.1, 0.15) is 44.2 Å². The van der Waals surface area contributed by atoms with Crippen LogP contribution in [-0.4, -0.2) is 34.9 Å². The molecule has 0 saturated carbocycles. The zero-order valence-corrected chi connectivity index (χ0v) is 15.9. The maximum absolute atomic E-state index is 12.6. The van der Waals surface area contributed by atoms with Crippen molar-refractivity contribution in [2.24, 2.45) is 0 Å². The number of aryl methyl sites for hydroxylation is 1. The van der Waals surface area contributed by atoms with Crippen molar-refractivity contribution in [2.75, 3.05) is 18.0 Å². The standard InChI is InChI=1S/C22H29N3O/c1-3-18-5-7-20(8-6-18)25(22(26)4-2)21-11-15-24(16-12-21)17-19-9-13-23-14-10-19/h5-10,13-14,21H,3-4,11-12,15-17H2,1-2H3. The first-order chi connectivity index (χ1) is 12.7. The van der Waals surface area contributed by atoms with E-state index in [0.29, 0.717) is 12.5 Å². The molecular weight excluding hydrogens is 322 g/mol. The quantitative estimate of drug-likeness (QED) is 0.788. The summed E-state index contributed by atoms with van der Waals surface area (Å²) in [6, 6.07) is 12.9. The number of hydrogen-bond donors (Lipinski definition) is 0. The number of piperidine rings is 1. The second kappa shape index (κ2) is 8.95. The third-order valence-corrected chi connectivity index (χ3v) is 5.27. The summed E-state index contributed by atoms with van der Waals surface area (Å²) in [5, 5.41) is 0. The van der Waals surface area contributed by atoms with Gasteiger partial charge in [0.1, 0.15) is 0 Å². The Bertz CT molecular complexity index is 691. The van der Waals surface area contributed by atoms with Crippen LogP contribution in [0.4, 0.5) is 5.69 Å². The van der Waals surface area contributed by atoms with Crippen LogP contribution in [-0.2, 0) is 17.8 Å². The normalized spacial score (nSPS) is 15.8. The predicted molar refractivity (Wildman–Crippen MR) is 106 cm³/mol. The topological polar surface area (TPSA) is 36.4 Å². The van der Waals surface area contributed by atoms with E-state index in [9.17, 15) is 4.79 Å². The molecule has 0 N–H and O–H groups in total. The summed E-state index contributed by atoms with van der Waals surface area (Å²) in [6.07, 6.45) is 7.31. The highest BCUT2D eigenvalue weighted by Gasteiger charge is 2.28. The average molecular weight is 351 g/mol. The van der Waals surface area contributed by atoms with Gasteiger partial charge in [-0.15, -0.1) is 0 Å². The van der Waals surface area contributed by atoms with Crippen molar-refractivity contribution in [1.29, 1.82) is 0 Å². The summed E-state index contributed by atoms with van der Waals surface area (Å²) in [7, 11) is 0. The van der Waals surface area contributed by atoms with Gasteiger partial charge in [0.2, 0.25) is 5.91 Å². The summed E-state index contributed by atoms with van der Waals surface area (Å²) in [6.45, 7) is 7.11. The summed E-state index contributed by atoms with van der Waals surface area (Å²) in [5.41, 5.74) is 3.65. The van der Waals surface area contributed by atoms with E-state index in [1.165, 1.54) is 11.1 Å². The van der Waals surface area contributed by atoms with E-state index in [-0.39, 0.29) is 5.91 Å². The monoisotopic (exact) mass is 351 g/mol. The molecule has 0 aliphatic carbocycles. The van der Waals surface area contributed by atoms with Crippen LogP contribution in [0.15, 0.2) is 48.8 Å². The fourth-order valence-electron chi connectivity index (χ4n) is 3.70. The van der Waals surface area contributed by atoms with Gasteiger partial charge in [0, 0.05) is 50.2 Å². The molecule has 1 fully saturated rings. The third kappa shape index (κ3) is 4.50. The zero-order valence-electron chi connectivity index (χ0n) is 15.9. The number of pyridine rings is 1. The van der Waals surface area contributed by atoms with Crippen molar-refractivity contribution in [2.45, 2.75) is 52.1 Å². The third-order valence-electron chi connectivity index (χ3n) is 5.27. The number of benzene rings is 1. The Balaban J connectivity index is 1.66. The van der Waals surface area contributed by atoms with Gasteiger partial charge in [-0.2, -0.15) is 0 Å². The van der Waals surface area contributed by atoms with E-state index < -0.39 is 0 Å². The fourth-order valence-corrected chi connectivity index (χ4v) is 3.70. The van der Waals surface area contributed by atoms with Crippen LogP contribution < -0.4 is 4.90 Å². The molecule has 0 atom stereocenters. The molecule has 1 aromatic heterocycles. The SMILES string of the molecule is CCC(=O)N(c1ccc(CC)cc1)C1CCN(Cc2ccncc2)CC1. The highest BCUT2D eigenvalue weighted by atomic mass is 16.2. The molecule has 138 valence electrons. The van der Waals surface area contributed by atoms with Crippen LogP contribution in [0, 0.1) is 0 Å². The van der Waals surface area contributed by atoms with Gasteiger partial charge in [-0.25, -0.2) is 0 Å². The van der Waals surface area contributed by atoms with Gasteiger partial charge < -0.3 is 4.90 Å². The fraction of sp³-hybridized carbons (Fsp3) is 0.455. The van der Waals surface area contributed by atoms with Crippen molar-refractivity contribution >= 4 is 11.6 Å². The molecule has 0 bridgehead atoms. The Morgan fingerprint density at radius 2 is 1.69 bits per heavy atom. The molecule has 0 radical (unpaired) electrons. The lowest BCUT2D eigenvalue weighted by Crippen LogP contribution is -2.47. The summed E-state index contributed by atoms with van der Waals surface area (Å²) in [4.78, 5) is 21.2. The second-order valence-corrected chi connectivity index (χ2v) is 7.00. The molecule has 26 heavy (non-hydrogen) atoms. The lowest BCUT2D eigenvalue weighted by Gasteiger charge is -2.38.